The highest BCUT2D eigenvalue weighted by atomic mass is 16.2. The van der Waals surface area contributed by atoms with E-state index in [1.165, 1.54) is 12.8 Å². The molecule has 0 bridgehead atoms. The van der Waals surface area contributed by atoms with Gasteiger partial charge in [-0.2, -0.15) is 0 Å². The Kier molecular flexibility index (Phi) is 3.06. The van der Waals surface area contributed by atoms with E-state index in [9.17, 15) is 4.79 Å². The Hall–Kier alpha value is -0.570. The van der Waals surface area contributed by atoms with Crippen molar-refractivity contribution in [3.05, 3.63) is 0 Å². The lowest BCUT2D eigenvalue weighted by atomic mass is 10.1. The molecular weight excluding hydrogens is 176 g/mol. The molecule has 0 spiro atoms. The van der Waals surface area contributed by atoms with Gasteiger partial charge in [-0.15, -0.1) is 0 Å². The van der Waals surface area contributed by atoms with Crippen molar-refractivity contribution in [3.8, 4) is 0 Å². The number of hydrogen-bond donors (Lipinski definition) is 0. The lowest BCUT2D eigenvalue weighted by molar-refractivity contribution is -0.133. The van der Waals surface area contributed by atoms with Crippen molar-refractivity contribution >= 4 is 5.91 Å². The maximum Gasteiger partial charge on any atom is 0.241 e. The van der Waals surface area contributed by atoms with Crippen LogP contribution in [0.25, 0.3) is 0 Å². The van der Waals surface area contributed by atoms with Crippen molar-refractivity contribution in [2.45, 2.75) is 44.6 Å². The second-order valence-corrected chi connectivity index (χ2v) is 4.55. The molecule has 1 radical (unpaired) electrons. The highest BCUT2D eigenvalue weighted by Gasteiger charge is 2.36. The van der Waals surface area contributed by atoms with E-state index in [1.54, 1.807) is 0 Å². The molecule has 2 fully saturated rings. The smallest absolute Gasteiger partial charge is 0.241 e. The molecule has 1 atom stereocenters. The molecule has 1 amide bonds. The third kappa shape index (κ3) is 2.27. The maximum absolute atomic E-state index is 11.9. The standard InChI is InChI=1S/C11H19N2O/c12-10(9-5-6-9)11(14)13-7-3-1-2-4-8-13/h9-10,12H,1-8H2. The monoisotopic (exact) mass is 195 g/mol. The first-order chi connectivity index (χ1) is 6.79. The number of carbonyl (C=O) groups excluding carboxylic acids is 1. The van der Waals surface area contributed by atoms with E-state index < -0.39 is 6.04 Å². The molecule has 1 unspecified atom stereocenters. The summed E-state index contributed by atoms with van der Waals surface area (Å²) in [4.78, 5) is 13.8. The third-order valence-electron chi connectivity index (χ3n) is 3.28. The lowest BCUT2D eigenvalue weighted by Gasteiger charge is -2.23. The van der Waals surface area contributed by atoms with Crippen LogP contribution in [0.1, 0.15) is 38.5 Å². The van der Waals surface area contributed by atoms with Gasteiger partial charge in [-0.25, -0.2) is 5.73 Å². The first-order valence-electron chi connectivity index (χ1n) is 5.79. The highest BCUT2D eigenvalue weighted by molar-refractivity contribution is 5.82. The van der Waals surface area contributed by atoms with Crippen LogP contribution in [0.4, 0.5) is 0 Å². The molecule has 3 heteroatoms. The van der Waals surface area contributed by atoms with E-state index in [0.717, 1.165) is 38.8 Å². The second kappa shape index (κ2) is 4.30. The summed E-state index contributed by atoms with van der Waals surface area (Å²) in [6, 6.07) is -0.451. The second-order valence-electron chi connectivity index (χ2n) is 4.55. The van der Waals surface area contributed by atoms with Crippen LogP contribution in [0.2, 0.25) is 0 Å². The van der Waals surface area contributed by atoms with Gasteiger partial charge in [-0.05, 0) is 31.6 Å². The molecule has 1 saturated heterocycles. The van der Waals surface area contributed by atoms with Crippen molar-refractivity contribution in [2.24, 2.45) is 5.92 Å². The number of nitrogens with one attached hydrogen (secondary N) is 1. The van der Waals surface area contributed by atoms with Crippen LogP contribution in [0.3, 0.4) is 0 Å². The van der Waals surface area contributed by atoms with E-state index in [-0.39, 0.29) is 5.91 Å². The summed E-state index contributed by atoms with van der Waals surface area (Å²) < 4.78 is 0. The maximum atomic E-state index is 11.9. The quantitative estimate of drug-likeness (QED) is 0.657. The zero-order chi connectivity index (χ0) is 9.97. The summed E-state index contributed by atoms with van der Waals surface area (Å²) in [5.41, 5.74) is 7.81. The number of likely N-dealkylation sites (tertiary alicyclic amines) is 1. The Morgan fingerprint density at radius 2 is 1.71 bits per heavy atom. The average molecular weight is 195 g/mol. The van der Waals surface area contributed by atoms with E-state index in [0.29, 0.717) is 5.92 Å². The lowest BCUT2D eigenvalue weighted by Crippen LogP contribution is -2.41. The molecule has 79 valence electrons. The molecule has 1 heterocycles. The van der Waals surface area contributed by atoms with Crippen LogP contribution >= 0.6 is 0 Å². The predicted octanol–water partition coefficient (Wildman–Crippen LogP) is 1.45. The molecule has 0 aromatic heterocycles. The summed E-state index contributed by atoms with van der Waals surface area (Å²) in [5.74, 6) is 0.472. The Morgan fingerprint density at radius 1 is 1.14 bits per heavy atom. The van der Waals surface area contributed by atoms with Gasteiger partial charge in [-0.1, -0.05) is 12.8 Å². The molecule has 1 saturated carbocycles. The number of rotatable bonds is 2. The Labute approximate surface area is 85.6 Å². The van der Waals surface area contributed by atoms with Crippen LogP contribution < -0.4 is 5.73 Å². The van der Waals surface area contributed by atoms with E-state index in [2.05, 4.69) is 0 Å². The fraction of sp³-hybridized carbons (Fsp3) is 0.909. The summed E-state index contributed by atoms with van der Waals surface area (Å²) >= 11 is 0. The fourth-order valence-electron chi connectivity index (χ4n) is 2.12. The predicted molar refractivity (Wildman–Crippen MR) is 54.7 cm³/mol. The van der Waals surface area contributed by atoms with E-state index in [4.69, 9.17) is 5.73 Å². The van der Waals surface area contributed by atoms with Gasteiger partial charge in [0.05, 0.1) is 0 Å². The van der Waals surface area contributed by atoms with Crippen molar-refractivity contribution in [1.29, 1.82) is 0 Å². The van der Waals surface area contributed by atoms with Gasteiger partial charge < -0.3 is 4.90 Å². The number of hydrogen-bond acceptors (Lipinski definition) is 1. The number of nitrogens with zero attached hydrogens (tertiary/aromatic N) is 1. The minimum Gasteiger partial charge on any atom is -0.341 e. The van der Waals surface area contributed by atoms with Crippen molar-refractivity contribution in [1.82, 2.24) is 10.6 Å². The average Bonchev–Trinajstić information content (AvgIpc) is 3.02. The van der Waals surface area contributed by atoms with Crippen LogP contribution in [0.15, 0.2) is 0 Å². The Bertz CT molecular complexity index is 205. The van der Waals surface area contributed by atoms with Gasteiger partial charge in [0.25, 0.3) is 0 Å². The van der Waals surface area contributed by atoms with Crippen LogP contribution in [-0.2, 0) is 4.79 Å². The highest BCUT2D eigenvalue weighted by Crippen LogP contribution is 2.33. The zero-order valence-electron chi connectivity index (χ0n) is 8.67. The summed E-state index contributed by atoms with van der Waals surface area (Å²) in [6.45, 7) is 1.78. The Balaban J connectivity index is 1.87. The third-order valence-corrected chi connectivity index (χ3v) is 3.28. The molecule has 1 aliphatic heterocycles. The number of carbonyl (C=O) groups is 1. The molecule has 2 aliphatic rings. The van der Waals surface area contributed by atoms with Crippen LogP contribution in [-0.4, -0.2) is 29.9 Å². The fourth-order valence-corrected chi connectivity index (χ4v) is 2.12. The molecular formula is C11H19N2O. The molecule has 0 aromatic carbocycles. The molecule has 1 aliphatic carbocycles. The minimum atomic E-state index is -0.451. The summed E-state index contributed by atoms with van der Waals surface area (Å²) in [6.07, 6.45) is 6.93. The molecule has 14 heavy (non-hydrogen) atoms. The largest absolute Gasteiger partial charge is 0.341 e. The summed E-state index contributed by atoms with van der Waals surface area (Å²) in [7, 11) is 0. The van der Waals surface area contributed by atoms with Crippen LogP contribution in [0, 0.1) is 5.92 Å². The molecule has 0 aromatic rings. The van der Waals surface area contributed by atoms with Gasteiger partial charge in [0, 0.05) is 13.1 Å². The van der Waals surface area contributed by atoms with E-state index >= 15 is 0 Å². The molecule has 2 rings (SSSR count). The topological polar surface area (TPSA) is 44.1 Å². The SMILES string of the molecule is [NH]C(C(=O)N1CCCCCC1)C1CC1. The molecule has 1 N–H and O–H groups in total. The van der Waals surface area contributed by atoms with Crippen LogP contribution in [0.5, 0.6) is 0 Å². The molecule has 3 nitrogen and oxygen atoms in total. The number of amides is 1. The van der Waals surface area contributed by atoms with Crippen molar-refractivity contribution in [3.63, 3.8) is 0 Å². The van der Waals surface area contributed by atoms with Gasteiger partial charge in [-0.3, -0.25) is 4.79 Å². The van der Waals surface area contributed by atoms with Crippen molar-refractivity contribution in [2.75, 3.05) is 13.1 Å². The van der Waals surface area contributed by atoms with Gasteiger partial charge in [0.2, 0.25) is 5.91 Å². The van der Waals surface area contributed by atoms with E-state index in [1.807, 2.05) is 4.90 Å². The minimum absolute atomic E-state index is 0.0920. The zero-order valence-corrected chi connectivity index (χ0v) is 8.67. The van der Waals surface area contributed by atoms with Gasteiger partial charge in [0.15, 0.2) is 0 Å². The summed E-state index contributed by atoms with van der Waals surface area (Å²) in [5, 5.41) is 0. The first-order valence-corrected chi connectivity index (χ1v) is 5.79. The van der Waals surface area contributed by atoms with Crippen molar-refractivity contribution < 1.29 is 4.79 Å². The first kappa shape index (κ1) is 9.97. The Morgan fingerprint density at radius 3 is 2.21 bits per heavy atom. The van der Waals surface area contributed by atoms with Gasteiger partial charge in [0.1, 0.15) is 6.04 Å². The normalized spacial score (nSPS) is 25.6. The van der Waals surface area contributed by atoms with Gasteiger partial charge >= 0.3 is 0 Å².